The Kier molecular flexibility index (Phi) is 8.24. The molecule has 0 radical (unpaired) electrons. The molecule has 4 heterocycles. The third kappa shape index (κ3) is 5.67. The second-order valence-electron chi connectivity index (χ2n) is 8.61. The second-order valence-corrected chi connectivity index (χ2v) is 11.5. The van der Waals surface area contributed by atoms with Gasteiger partial charge < -0.3 is 30.9 Å². The first-order valence-corrected chi connectivity index (χ1v) is 15.5. The Morgan fingerprint density at radius 2 is 2.10 bits per heavy atom. The van der Waals surface area contributed by atoms with E-state index in [1.807, 2.05) is 35.0 Å². The summed E-state index contributed by atoms with van der Waals surface area (Å²) in [6, 6.07) is 10.2. The summed E-state index contributed by atoms with van der Waals surface area (Å²) in [7, 11) is 0. The van der Waals surface area contributed by atoms with Crippen LogP contribution in [0.1, 0.15) is 32.8 Å². The summed E-state index contributed by atoms with van der Waals surface area (Å²) < 4.78 is 17.2. The van der Waals surface area contributed by atoms with Gasteiger partial charge in [-0.15, -0.1) is 0 Å². The highest BCUT2D eigenvalue weighted by atomic mass is 127. The fourth-order valence-corrected chi connectivity index (χ4v) is 5.95. The minimum Gasteiger partial charge on any atom is -0.454 e. The van der Waals surface area contributed by atoms with Crippen LogP contribution in [0.2, 0.25) is 0 Å². The van der Waals surface area contributed by atoms with Crippen molar-refractivity contribution < 1.29 is 24.2 Å². The van der Waals surface area contributed by atoms with E-state index in [9.17, 15) is 14.7 Å². The van der Waals surface area contributed by atoms with E-state index in [-0.39, 0.29) is 31.5 Å². The topological polar surface area (TPSA) is 140 Å². The molecule has 1 aliphatic rings. The number of hydrogen-bond donors (Lipinski definition) is 4. The zero-order valence-corrected chi connectivity index (χ0v) is 23.7. The van der Waals surface area contributed by atoms with E-state index in [4.69, 9.17) is 20.2 Å². The fourth-order valence-electron chi connectivity index (χ4n) is 4.21. The molecule has 5 rings (SSSR count). The Hall–Kier alpha value is -3.75. The zero-order chi connectivity index (χ0) is 27.4. The summed E-state index contributed by atoms with van der Waals surface area (Å²) in [5.41, 5.74) is 8.67. The summed E-state index contributed by atoms with van der Waals surface area (Å²) in [6.07, 6.45) is 3.60. The number of carbonyl (C=O) groups is 2. The van der Waals surface area contributed by atoms with Crippen LogP contribution < -0.4 is 25.8 Å². The standard InChI is InChI=1S/C27H26IN5O5S/c1-28-18(11-29)10-19(13-34)31-27(36)24-23(17-6-8-39-14-17)32-25-20(3-2-7-33(24)25)26(35)30-12-16-4-5-21-22(9-16)38-15-37-21/h2-9,11,14,19,34H,1,10,12-13,15,29H2,(H,30,35)(H,31,36)/b18-11-/t19-/m0/s1. The first kappa shape index (κ1) is 26.8. The van der Waals surface area contributed by atoms with Crippen molar-refractivity contribution >= 4 is 54.0 Å². The molecule has 4 aromatic rings. The van der Waals surface area contributed by atoms with Crippen molar-refractivity contribution in [3.05, 3.63) is 80.0 Å². The van der Waals surface area contributed by atoms with Crippen LogP contribution in [-0.2, 0) is 6.54 Å². The highest BCUT2D eigenvalue weighted by molar-refractivity contribution is 14.2. The van der Waals surface area contributed by atoms with Gasteiger partial charge in [-0.05, 0) is 41.3 Å². The van der Waals surface area contributed by atoms with Crippen molar-refractivity contribution in [2.24, 2.45) is 5.73 Å². The third-order valence-corrected chi connectivity index (χ3v) is 8.61. The Morgan fingerprint density at radius 3 is 2.85 bits per heavy atom. The van der Waals surface area contributed by atoms with Crippen LogP contribution in [0.4, 0.5) is 0 Å². The van der Waals surface area contributed by atoms with Gasteiger partial charge >= 0.3 is 0 Å². The van der Waals surface area contributed by atoms with Gasteiger partial charge in [-0.25, -0.2) is 4.98 Å². The molecule has 0 fully saturated rings. The fraction of sp³-hybridized carbons (Fsp3) is 0.185. The van der Waals surface area contributed by atoms with Gasteiger partial charge in [0.1, 0.15) is 11.4 Å². The summed E-state index contributed by atoms with van der Waals surface area (Å²) in [5, 5.41) is 19.5. The molecule has 0 unspecified atom stereocenters. The van der Waals surface area contributed by atoms with Gasteiger partial charge in [-0.1, -0.05) is 31.3 Å². The maximum absolute atomic E-state index is 13.6. The zero-order valence-electron chi connectivity index (χ0n) is 20.7. The lowest BCUT2D eigenvalue weighted by Gasteiger charge is -2.17. The lowest BCUT2D eigenvalue weighted by atomic mass is 10.1. The van der Waals surface area contributed by atoms with Crippen molar-refractivity contribution in [1.82, 2.24) is 20.0 Å². The predicted octanol–water partition coefficient (Wildman–Crippen LogP) is 3.41. The quantitative estimate of drug-likeness (QED) is 0.192. The first-order valence-electron chi connectivity index (χ1n) is 11.9. The van der Waals surface area contributed by atoms with E-state index in [0.717, 1.165) is 14.7 Å². The smallest absolute Gasteiger partial charge is 0.270 e. The second kappa shape index (κ2) is 12.0. The van der Waals surface area contributed by atoms with E-state index in [1.165, 1.54) is 17.5 Å². The van der Waals surface area contributed by atoms with Gasteiger partial charge in [0, 0.05) is 39.9 Å². The van der Waals surface area contributed by atoms with Gasteiger partial charge in [-0.2, -0.15) is 11.3 Å². The van der Waals surface area contributed by atoms with E-state index in [1.54, 1.807) is 22.7 Å². The molecule has 12 heteroatoms. The summed E-state index contributed by atoms with van der Waals surface area (Å²) >= 11 is 0.958. The molecule has 2 amide bonds. The van der Waals surface area contributed by atoms with Crippen LogP contribution >= 0.6 is 32.1 Å². The molecule has 0 spiro atoms. The van der Waals surface area contributed by atoms with Crippen LogP contribution in [-0.4, -0.2) is 50.3 Å². The first-order chi connectivity index (χ1) is 19.0. The van der Waals surface area contributed by atoms with Gasteiger partial charge in [0.25, 0.3) is 11.8 Å². The third-order valence-electron chi connectivity index (χ3n) is 6.14. The molecule has 5 N–H and O–H groups in total. The molecule has 1 aliphatic heterocycles. The molecule has 0 bridgehead atoms. The Labute approximate surface area is 238 Å². The molecular weight excluding hydrogens is 633 g/mol. The number of aromatic nitrogens is 2. The number of benzene rings is 1. The van der Waals surface area contributed by atoms with E-state index >= 15 is 0 Å². The SMILES string of the molecule is C=I/C(=C\N)C[C@@H](CO)NC(=O)c1c(-c2ccsc2)nc2c(C(=O)NCc3ccc4c(c3)OCO4)cccn12. The van der Waals surface area contributed by atoms with E-state index in [0.29, 0.717) is 34.8 Å². The average Bonchev–Trinajstić information content (AvgIpc) is 3.72. The predicted molar refractivity (Wildman–Crippen MR) is 159 cm³/mol. The van der Waals surface area contributed by atoms with Crippen LogP contribution in [0.25, 0.3) is 16.9 Å². The number of imidazole rings is 1. The highest BCUT2D eigenvalue weighted by Crippen LogP contribution is 2.32. The number of aliphatic hydroxyl groups is 1. The van der Waals surface area contributed by atoms with E-state index in [2.05, 4.69) is 15.1 Å². The minimum absolute atomic E-state index is 0.177. The van der Waals surface area contributed by atoms with Crippen molar-refractivity contribution in [3.8, 4) is 22.8 Å². The van der Waals surface area contributed by atoms with Crippen molar-refractivity contribution in [3.63, 3.8) is 0 Å². The number of amides is 2. The number of thiophene rings is 1. The number of carbonyl (C=O) groups excluding carboxylic acids is 2. The largest absolute Gasteiger partial charge is 0.454 e. The average molecular weight is 660 g/mol. The summed E-state index contributed by atoms with van der Waals surface area (Å²) in [5.74, 6) is 0.558. The number of nitrogens with two attached hydrogens (primary N) is 1. The van der Waals surface area contributed by atoms with Crippen molar-refractivity contribution in [1.29, 1.82) is 0 Å². The molecule has 1 aromatic carbocycles. The van der Waals surface area contributed by atoms with Crippen molar-refractivity contribution in [2.75, 3.05) is 13.4 Å². The Balaban J connectivity index is 1.45. The molecule has 39 heavy (non-hydrogen) atoms. The molecule has 0 saturated carbocycles. The number of halogens is 1. The van der Waals surface area contributed by atoms with Crippen LogP contribution in [0.5, 0.6) is 11.5 Å². The van der Waals surface area contributed by atoms with Crippen molar-refractivity contribution in [2.45, 2.75) is 19.0 Å². The molecule has 202 valence electrons. The van der Waals surface area contributed by atoms with Gasteiger partial charge in [0.05, 0.1) is 18.2 Å². The number of pyridine rings is 1. The molecule has 0 aliphatic carbocycles. The van der Waals surface area contributed by atoms with Crippen LogP contribution in [0, 0.1) is 0 Å². The minimum atomic E-state index is -0.539. The molecule has 3 aromatic heterocycles. The monoisotopic (exact) mass is 659 g/mol. The lowest BCUT2D eigenvalue weighted by Crippen LogP contribution is -2.38. The molecule has 0 saturated heterocycles. The Bertz CT molecular complexity index is 1570. The van der Waals surface area contributed by atoms with E-state index < -0.39 is 32.7 Å². The van der Waals surface area contributed by atoms with Crippen LogP contribution in [0.3, 0.4) is 0 Å². The number of aliphatic hydroxyl groups excluding tert-OH is 1. The maximum Gasteiger partial charge on any atom is 0.270 e. The molecular formula is C27H26IN5O5S. The molecule has 10 nitrogen and oxygen atoms in total. The number of hydrogen-bond acceptors (Lipinski definition) is 8. The van der Waals surface area contributed by atoms with Gasteiger partial charge in [0.2, 0.25) is 6.79 Å². The number of fused-ring (bicyclic) bond motifs is 2. The molecule has 1 atom stereocenters. The lowest BCUT2D eigenvalue weighted by molar-refractivity contribution is 0.0909. The Morgan fingerprint density at radius 1 is 1.26 bits per heavy atom. The van der Waals surface area contributed by atoms with Crippen LogP contribution in [0.15, 0.2) is 63.1 Å². The number of rotatable bonds is 10. The normalized spacial score (nSPS) is 13.4. The maximum atomic E-state index is 13.6. The number of ether oxygens (including phenoxy) is 2. The van der Waals surface area contributed by atoms with Gasteiger partial charge in [0.15, 0.2) is 17.1 Å². The summed E-state index contributed by atoms with van der Waals surface area (Å²) in [6.45, 7) is 0.188. The number of nitrogens with one attached hydrogen (secondary N) is 2. The summed E-state index contributed by atoms with van der Waals surface area (Å²) in [4.78, 5) is 31.6. The number of nitrogens with zero attached hydrogens (tertiary/aromatic N) is 2. The van der Waals surface area contributed by atoms with Gasteiger partial charge in [-0.3, -0.25) is 14.0 Å². The highest BCUT2D eigenvalue weighted by Gasteiger charge is 2.26.